The zero-order valence-corrected chi connectivity index (χ0v) is 14.2. The van der Waals surface area contributed by atoms with Gasteiger partial charge in [-0.25, -0.2) is 0 Å². The van der Waals surface area contributed by atoms with Crippen LogP contribution in [0.15, 0.2) is 36.5 Å². The molecule has 0 N–H and O–H groups in total. The first-order chi connectivity index (χ1) is 12.8. The maximum absolute atomic E-state index is 12.9. The number of carbonyl (C=O) groups is 1. The molecule has 146 valence electrons. The number of alkyl halides is 5. The molecule has 27 heavy (non-hydrogen) atoms. The van der Waals surface area contributed by atoms with E-state index in [9.17, 15) is 26.7 Å². The minimum absolute atomic E-state index is 0.184. The second-order valence-corrected chi connectivity index (χ2v) is 6.21. The van der Waals surface area contributed by atoms with Crippen LogP contribution in [0.1, 0.15) is 28.2 Å². The van der Waals surface area contributed by atoms with Gasteiger partial charge in [-0.3, -0.25) is 9.69 Å². The fraction of sp³-hybridized carbons (Fsp3) is 0.412. The highest BCUT2D eigenvalue weighted by Crippen LogP contribution is 2.29. The van der Waals surface area contributed by atoms with Crippen LogP contribution >= 0.6 is 0 Å². The standard InChI is InChI=1S/C17H17F5N4O/c18-16(19)26-14(4-5-23-26)15(27)25-8-6-24(7-9-25)11-12-2-1-3-13(10-12)17(20,21)22/h1-5,10,16H,6-9,11H2. The van der Waals surface area contributed by atoms with Crippen molar-refractivity contribution < 1.29 is 26.7 Å². The molecule has 0 bridgehead atoms. The average molecular weight is 388 g/mol. The minimum atomic E-state index is -4.39. The van der Waals surface area contributed by atoms with E-state index in [1.165, 1.54) is 17.0 Å². The lowest BCUT2D eigenvalue weighted by molar-refractivity contribution is -0.137. The Bertz CT molecular complexity index is 797. The summed E-state index contributed by atoms with van der Waals surface area (Å²) in [6.45, 7) is -1.12. The van der Waals surface area contributed by atoms with Crippen molar-refractivity contribution in [1.82, 2.24) is 19.6 Å². The highest BCUT2D eigenvalue weighted by Gasteiger charge is 2.31. The Morgan fingerprint density at radius 1 is 1.11 bits per heavy atom. The highest BCUT2D eigenvalue weighted by atomic mass is 19.4. The lowest BCUT2D eigenvalue weighted by Crippen LogP contribution is -2.48. The largest absolute Gasteiger partial charge is 0.416 e. The molecule has 1 aliphatic heterocycles. The van der Waals surface area contributed by atoms with Gasteiger partial charge in [0.2, 0.25) is 0 Å². The number of hydrogen-bond donors (Lipinski definition) is 0. The first-order valence-corrected chi connectivity index (χ1v) is 8.25. The van der Waals surface area contributed by atoms with Gasteiger partial charge < -0.3 is 4.90 Å². The monoisotopic (exact) mass is 388 g/mol. The smallest absolute Gasteiger partial charge is 0.335 e. The SMILES string of the molecule is O=C(c1ccnn1C(F)F)N1CCN(Cc2cccc(C(F)(F)F)c2)CC1. The fourth-order valence-electron chi connectivity index (χ4n) is 3.01. The molecule has 2 aromatic rings. The van der Waals surface area contributed by atoms with E-state index in [2.05, 4.69) is 5.10 Å². The number of rotatable bonds is 4. The summed E-state index contributed by atoms with van der Waals surface area (Å²) >= 11 is 0. The Kier molecular flexibility index (Phi) is 5.45. The summed E-state index contributed by atoms with van der Waals surface area (Å²) in [6.07, 6.45) is -3.25. The van der Waals surface area contributed by atoms with E-state index in [4.69, 9.17) is 0 Å². The van der Waals surface area contributed by atoms with Crippen molar-refractivity contribution in [2.75, 3.05) is 26.2 Å². The highest BCUT2D eigenvalue weighted by molar-refractivity contribution is 5.92. The first kappa shape index (κ1) is 19.3. The van der Waals surface area contributed by atoms with Gasteiger partial charge in [-0.15, -0.1) is 0 Å². The van der Waals surface area contributed by atoms with Gasteiger partial charge in [0.15, 0.2) is 0 Å². The number of hydrogen-bond acceptors (Lipinski definition) is 3. The molecule has 0 atom stereocenters. The van der Waals surface area contributed by atoms with Crippen molar-refractivity contribution in [2.45, 2.75) is 19.3 Å². The Morgan fingerprint density at radius 3 is 2.44 bits per heavy atom. The van der Waals surface area contributed by atoms with Gasteiger partial charge in [0.05, 0.1) is 5.56 Å². The van der Waals surface area contributed by atoms with Crippen LogP contribution in [0.2, 0.25) is 0 Å². The molecule has 3 rings (SSSR count). The maximum atomic E-state index is 12.9. The third-order valence-corrected chi connectivity index (χ3v) is 4.39. The third-order valence-electron chi connectivity index (χ3n) is 4.39. The number of amides is 1. The average Bonchev–Trinajstić information content (AvgIpc) is 3.11. The predicted octanol–water partition coefficient (Wildman–Crippen LogP) is 3.26. The Labute approximate surface area is 152 Å². The molecule has 0 unspecified atom stereocenters. The van der Waals surface area contributed by atoms with E-state index in [-0.39, 0.29) is 5.69 Å². The summed E-state index contributed by atoms with van der Waals surface area (Å²) in [4.78, 5) is 15.8. The van der Waals surface area contributed by atoms with Crippen molar-refractivity contribution in [3.63, 3.8) is 0 Å². The minimum Gasteiger partial charge on any atom is -0.335 e. The van der Waals surface area contributed by atoms with E-state index in [1.54, 1.807) is 6.07 Å². The van der Waals surface area contributed by atoms with Gasteiger partial charge in [0.25, 0.3) is 5.91 Å². The maximum Gasteiger partial charge on any atom is 0.416 e. The molecule has 1 aliphatic rings. The Balaban J connectivity index is 1.59. The van der Waals surface area contributed by atoms with Crippen LogP contribution in [0, 0.1) is 0 Å². The molecule has 2 heterocycles. The van der Waals surface area contributed by atoms with Crippen LogP contribution in [0.5, 0.6) is 0 Å². The van der Waals surface area contributed by atoms with Crippen LogP contribution in [0.3, 0.4) is 0 Å². The third kappa shape index (κ3) is 4.44. The van der Waals surface area contributed by atoms with Crippen LogP contribution < -0.4 is 0 Å². The quantitative estimate of drug-likeness (QED) is 0.755. The molecule has 0 aliphatic carbocycles. The molecule has 0 saturated carbocycles. The van der Waals surface area contributed by atoms with Crippen molar-refractivity contribution in [3.8, 4) is 0 Å². The van der Waals surface area contributed by atoms with E-state index in [1.807, 2.05) is 4.90 Å². The van der Waals surface area contributed by atoms with Crippen LogP contribution in [0.25, 0.3) is 0 Å². The summed E-state index contributed by atoms with van der Waals surface area (Å²) in [5.41, 5.74) is -0.356. The zero-order chi connectivity index (χ0) is 19.6. The van der Waals surface area contributed by atoms with Gasteiger partial charge in [-0.2, -0.15) is 31.7 Å². The fourth-order valence-corrected chi connectivity index (χ4v) is 3.01. The summed E-state index contributed by atoms with van der Waals surface area (Å²) in [5, 5.41) is 3.45. The second-order valence-electron chi connectivity index (χ2n) is 6.21. The van der Waals surface area contributed by atoms with Crippen LogP contribution in [-0.4, -0.2) is 51.7 Å². The molecule has 0 spiro atoms. The van der Waals surface area contributed by atoms with Crippen LogP contribution in [0.4, 0.5) is 22.0 Å². The summed E-state index contributed by atoms with van der Waals surface area (Å²) in [7, 11) is 0. The molecule has 10 heteroatoms. The van der Waals surface area contributed by atoms with Crippen molar-refractivity contribution >= 4 is 5.91 Å². The molecule has 1 saturated heterocycles. The number of piperazine rings is 1. The number of halogens is 5. The molecular weight excluding hydrogens is 371 g/mol. The van der Waals surface area contributed by atoms with Crippen molar-refractivity contribution in [1.29, 1.82) is 0 Å². The summed E-state index contributed by atoms with van der Waals surface area (Å²) in [5.74, 6) is -0.536. The van der Waals surface area contributed by atoms with E-state index < -0.39 is 24.2 Å². The number of carbonyl (C=O) groups excluding carboxylic acids is 1. The molecule has 1 amide bonds. The van der Waals surface area contributed by atoms with Gasteiger partial charge in [-0.1, -0.05) is 18.2 Å². The number of aromatic nitrogens is 2. The normalized spacial score (nSPS) is 16.1. The van der Waals surface area contributed by atoms with Crippen LogP contribution in [-0.2, 0) is 12.7 Å². The second kappa shape index (κ2) is 7.63. The molecule has 1 aromatic heterocycles. The molecule has 0 radical (unpaired) electrons. The first-order valence-electron chi connectivity index (χ1n) is 8.25. The summed E-state index contributed by atoms with van der Waals surface area (Å²) in [6, 6.07) is 6.35. The molecule has 1 aromatic carbocycles. The van der Waals surface area contributed by atoms with E-state index in [0.717, 1.165) is 18.3 Å². The van der Waals surface area contributed by atoms with Gasteiger partial charge >= 0.3 is 12.7 Å². The summed E-state index contributed by atoms with van der Waals surface area (Å²) < 4.78 is 64.5. The topological polar surface area (TPSA) is 41.4 Å². The lowest BCUT2D eigenvalue weighted by atomic mass is 10.1. The van der Waals surface area contributed by atoms with Crippen molar-refractivity contribution in [2.24, 2.45) is 0 Å². The Hall–Kier alpha value is -2.49. The van der Waals surface area contributed by atoms with Gasteiger partial charge in [0, 0.05) is 38.9 Å². The van der Waals surface area contributed by atoms with Crippen molar-refractivity contribution in [3.05, 3.63) is 53.3 Å². The lowest BCUT2D eigenvalue weighted by Gasteiger charge is -2.34. The van der Waals surface area contributed by atoms with Gasteiger partial charge in [0.1, 0.15) is 5.69 Å². The number of benzene rings is 1. The molecule has 5 nitrogen and oxygen atoms in total. The van der Waals surface area contributed by atoms with E-state index in [0.29, 0.717) is 43.0 Å². The Morgan fingerprint density at radius 2 is 1.81 bits per heavy atom. The molecule has 1 fully saturated rings. The van der Waals surface area contributed by atoms with Gasteiger partial charge in [-0.05, 0) is 17.7 Å². The predicted molar refractivity (Wildman–Crippen MR) is 86.1 cm³/mol. The number of nitrogens with zero attached hydrogens (tertiary/aromatic N) is 4. The zero-order valence-electron chi connectivity index (χ0n) is 14.2. The molecular formula is C17H17F5N4O. The van der Waals surface area contributed by atoms with E-state index >= 15 is 0 Å².